The van der Waals surface area contributed by atoms with Gasteiger partial charge in [0.15, 0.2) is 9.84 Å². The first kappa shape index (κ1) is 44.0. The van der Waals surface area contributed by atoms with Crippen LogP contribution in [-0.2, 0) is 62.3 Å². The third-order valence-corrected chi connectivity index (χ3v) is 11.6. The van der Waals surface area contributed by atoms with Crippen molar-refractivity contribution in [3.63, 3.8) is 0 Å². The summed E-state index contributed by atoms with van der Waals surface area (Å²) in [6, 6.07) is 7.78. The molecule has 300 valence electrons. The smallest absolute Gasteiger partial charge is 0.310 e. The van der Waals surface area contributed by atoms with Gasteiger partial charge in [-0.3, -0.25) is 33.6 Å². The van der Waals surface area contributed by atoms with E-state index in [1.54, 1.807) is 18.2 Å². The fraction of sp³-hybridized carbons (Fsp3) is 0.649. The molecule has 2 aliphatic carbocycles. The van der Waals surface area contributed by atoms with Crippen LogP contribution in [0.2, 0.25) is 0 Å². The third kappa shape index (κ3) is 13.2. The van der Waals surface area contributed by atoms with E-state index in [0.29, 0.717) is 25.7 Å². The van der Waals surface area contributed by atoms with Crippen molar-refractivity contribution in [2.45, 2.75) is 132 Å². The van der Waals surface area contributed by atoms with E-state index in [-0.39, 0.29) is 68.4 Å². The van der Waals surface area contributed by atoms with Gasteiger partial charge in [0, 0.05) is 26.4 Å². The standard InChI is InChI=1S/C37H50O16S/c1-24(38)21-37(22-29(37)35(46)47)53-33(43)23-36(17-10-14-28(36)34(44)45)52-32(42)20-26(11-6-3-4-9-15-30(39)40)51-31(41)19-25(50-2)16-18-54(48,49)27-12-7-5-8-13-27/h5,7-8,12-13,25-26,28-29H,3-4,6,9-11,14-23H2,1-2H3,(H,39,40)(H,44,45)(H,46,47). The maximum absolute atomic E-state index is 13.5. The molecule has 3 rings (SSSR count). The minimum Gasteiger partial charge on any atom is -0.481 e. The van der Waals surface area contributed by atoms with Crippen LogP contribution < -0.4 is 0 Å². The Kier molecular flexibility index (Phi) is 16.1. The van der Waals surface area contributed by atoms with Crippen LogP contribution >= 0.6 is 0 Å². The Morgan fingerprint density at radius 3 is 2.00 bits per heavy atom. The van der Waals surface area contributed by atoms with Crippen LogP contribution in [0.1, 0.15) is 103 Å². The molecule has 0 bridgehead atoms. The van der Waals surface area contributed by atoms with E-state index < -0.39 is 99.5 Å². The Bertz CT molecular complexity index is 1620. The third-order valence-electron chi connectivity index (χ3n) is 9.87. The molecule has 0 radical (unpaired) electrons. The lowest BCUT2D eigenvalue weighted by Crippen LogP contribution is -2.46. The lowest BCUT2D eigenvalue weighted by Gasteiger charge is -2.33. The van der Waals surface area contributed by atoms with Crippen LogP contribution in [0.15, 0.2) is 35.2 Å². The van der Waals surface area contributed by atoms with E-state index in [2.05, 4.69) is 0 Å². The number of rotatable bonds is 25. The molecule has 3 N–H and O–H groups in total. The minimum atomic E-state index is -3.67. The van der Waals surface area contributed by atoms with Gasteiger partial charge < -0.3 is 34.3 Å². The van der Waals surface area contributed by atoms with Crippen molar-refractivity contribution in [2.75, 3.05) is 12.9 Å². The molecule has 17 heteroatoms. The second-order valence-electron chi connectivity index (χ2n) is 14.2. The molecule has 6 atom stereocenters. The van der Waals surface area contributed by atoms with Crippen molar-refractivity contribution in [1.29, 1.82) is 0 Å². The molecule has 0 heterocycles. The number of carboxylic acids is 3. The first-order valence-electron chi connectivity index (χ1n) is 18.0. The van der Waals surface area contributed by atoms with Crippen molar-refractivity contribution in [3.8, 4) is 0 Å². The summed E-state index contributed by atoms with van der Waals surface area (Å²) >= 11 is 0. The SMILES string of the molecule is COC(CCS(=O)(=O)c1ccccc1)CC(=O)OC(CCCCCCC(=O)O)CC(=O)OC1(CC(=O)OC2(CC(C)=O)CC2C(=O)O)CCCC1C(=O)O. The quantitative estimate of drug-likeness (QED) is 0.0722. The van der Waals surface area contributed by atoms with E-state index >= 15 is 0 Å². The van der Waals surface area contributed by atoms with Gasteiger partial charge in [-0.05, 0) is 64.0 Å². The number of esters is 3. The van der Waals surface area contributed by atoms with Crippen molar-refractivity contribution in [1.82, 2.24) is 0 Å². The van der Waals surface area contributed by atoms with Crippen molar-refractivity contribution in [3.05, 3.63) is 30.3 Å². The number of ketones is 1. The lowest BCUT2D eigenvalue weighted by atomic mass is 9.87. The fourth-order valence-electron chi connectivity index (χ4n) is 7.05. The van der Waals surface area contributed by atoms with Crippen LogP contribution in [0.3, 0.4) is 0 Å². The Morgan fingerprint density at radius 2 is 1.41 bits per heavy atom. The lowest BCUT2D eigenvalue weighted by molar-refractivity contribution is -0.180. The molecule has 2 saturated carbocycles. The maximum Gasteiger partial charge on any atom is 0.310 e. The predicted molar refractivity (Wildman–Crippen MR) is 187 cm³/mol. The molecule has 0 saturated heterocycles. The average molecular weight is 783 g/mol. The summed E-state index contributed by atoms with van der Waals surface area (Å²) in [7, 11) is -2.35. The van der Waals surface area contributed by atoms with Gasteiger partial charge in [-0.1, -0.05) is 31.0 Å². The molecule has 2 fully saturated rings. The summed E-state index contributed by atoms with van der Waals surface area (Å²) in [5.41, 5.74) is -3.44. The van der Waals surface area contributed by atoms with Crippen molar-refractivity contribution >= 4 is 51.4 Å². The van der Waals surface area contributed by atoms with E-state index in [4.69, 9.17) is 24.1 Å². The highest BCUT2D eigenvalue weighted by Crippen LogP contribution is 2.51. The number of hydrogen-bond donors (Lipinski definition) is 3. The van der Waals surface area contributed by atoms with E-state index in [9.17, 15) is 52.2 Å². The normalized spacial score (nSPS) is 23.1. The number of carbonyl (C=O) groups excluding carboxylic acids is 4. The van der Waals surface area contributed by atoms with Gasteiger partial charge in [0.1, 0.15) is 29.0 Å². The van der Waals surface area contributed by atoms with Gasteiger partial charge in [-0.2, -0.15) is 0 Å². The zero-order chi connectivity index (χ0) is 40.1. The number of benzene rings is 1. The van der Waals surface area contributed by atoms with Crippen LogP contribution in [-0.4, -0.2) is 102 Å². The Morgan fingerprint density at radius 1 is 0.778 bits per heavy atom. The molecule has 0 aromatic heterocycles. The molecule has 0 aliphatic heterocycles. The number of unbranched alkanes of at least 4 members (excludes halogenated alkanes) is 3. The minimum absolute atomic E-state index is 0.0226. The zero-order valence-corrected chi connectivity index (χ0v) is 31.4. The highest BCUT2D eigenvalue weighted by atomic mass is 32.2. The summed E-state index contributed by atoms with van der Waals surface area (Å²) < 4.78 is 47.8. The Balaban J connectivity index is 1.71. The molecule has 2 aliphatic rings. The fourth-order valence-corrected chi connectivity index (χ4v) is 8.43. The molecule has 54 heavy (non-hydrogen) atoms. The molecule has 6 unspecified atom stereocenters. The predicted octanol–water partition coefficient (Wildman–Crippen LogP) is 3.91. The van der Waals surface area contributed by atoms with Crippen LogP contribution in [0.25, 0.3) is 0 Å². The monoisotopic (exact) mass is 782 g/mol. The average Bonchev–Trinajstić information content (AvgIpc) is 3.62. The van der Waals surface area contributed by atoms with Gasteiger partial charge >= 0.3 is 35.8 Å². The first-order valence-corrected chi connectivity index (χ1v) is 19.7. The largest absolute Gasteiger partial charge is 0.481 e. The second kappa shape index (κ2) is 19.8. The summed E-state index contributed by atoms with van der Waals surface area (Å²) in [6.07, 6.45) is -1.60. The molecule has 1 aromatic rings. The number of sulfone groups is 1. The van der Waals surface area contributed by atoms with Crippen molar-refractivity contribution < 1.29 is 76.2 Å². The van der Waals surface area contributed by atoms with Crippen LogP contribution in [0.4, 0.5) is 0 Å². The number of hydrogen-bond acceptors (Lipinski definition) is 13. The molecule has 0 amide bonds. The number of carboxylic acid groups (broad SMARTS) is 3. The number of aliphatic carboxylic acids is 3. The topological polar surface area (TPSA) is 251 Å². The highest BCUT2D eigenvalue weighted by molar-refractivity contribution is 7.91. The molecule has 16 nitrogen and oxygen atoms in total. The molecule has 1 aromatic carbocycles. The first-order chi connectivity index (χ1) is 25.4. The van der Waals surface area contributed by atoms with E-state index in [0.717, 1.165) is 0 Å². The summed E-state index contributed by atoms with van der Waals surface area (Å²) in [4.78, 5) is 86.7. The van der Waals surface area contributed by atoms with E-state index in [1.807, 2.05) is 0 Å². The van der Waals surface area contributed by atoms with Gasteiger partial charge in [-0.25, -0.2) is 8.42 Å². The summed E-state index contributed by atoms with van der Waals surface area (Å²) in [5, 5.41) is 28.4. The van der Waals surface area contributed by atoms with Gasteiger partial charge in [0.25, 0.3) is 0 Å². The van der Waals surface area contributed by atoms with Gasteiger partial charge in [0.05, 0.1) is 41.9 Å². The summed E-state index contributed by atoms with van der Waals surface area (Å²) in [5.74, 6) is -9.45. The Labute approximate surface area is 313 Å². The molecular weight excluding hydrogens is 732 g/mol. The Hall–Kier alpha value is -4.38. The van der Waals surface area contributed by atoms with Crippen LogP contribution in [0, 0.1) is 11.8 Å². The highest BCUT2D eigenvalue weighted by Gasteiger charge is 2.63. The number of methoxy groups -OCH3 is 1. The van der Waals surface area contributed by atoms with Crippen molar-refractivity contribution in [2.24, 2.45) is 11.8 Å². The van der Waals surface area contributed by atoms with Gasteiger partial charge in [0.2, 0.25) is 0 Å². The number of Topliss-reactive ketones (excluding diaryl/α,β-unsaturated/α-hetero) is 1. The molecule has 0 spiro atoms. The van der Waals surface area contributed by atoms with E-state index in [1.165, 1.54) is 26.2 Å². The zero-order valence-electron chi connectivity index (χ0n) is 30.6. The number of ether oxygens (including phenoxy) is 4. The van der Waals surface area contributed by atoms with Crippen LogP contribution in [0.5, 0.6) is 0 Å². The second-order valence-corrected chi connectivity index (χ2v) is 16.3. The summed E-state index contributed by atoms with van der Waals surface area (Å²) in [6.45, 7) is 1.22. The maximum atomic E-state index is 13.5. The molecular formula is C37H50O16S. The van der Waals surface area contributed by atoms with Gasteiger partial charge in [-0.15, -0.1) is 0 Å². The number of carbonyl (C=O) groups is 7.